The van der Waals surface area contributed by atoms with E-state index in [4.69, 9.17) is 32.7 Å². The molecule has 6 nitrogen and oxygen atoms in total. The number of fused-ring (bicyclic) bond motifs is 1. The average Bonchev–Trinajstić information content (AvgIpc) is 3.04. The van der Waals surface area contributed by atoms with Gasteiger partial charge in [-0.3, -0.25) is 9.59 Å². The molecule has 0 aromatic carbocycles. The Morgan fingerprint density at radius 1 is 1.32 bits per heavy atom. The van der Waals surface area contributed by atoms with E-state index in [0.29, 0.717) is 25.3 Å². The van der Waals surface area contributed by atoms with Crippen molar-refractivity contribution in [2.45, 2.75) is 6.10 Å². The Morgan fingerprint density at radius 2 is 2.00 bits per heavy atom. The first-order valence-corrected chi connectivity index (χ1v) is 7.57. The van der Waals surface area contributed by atoms with Gasteiger partial charge in [0, 0.05) is 24.6 Å². The molecule has 0 radical (unpaired) electrons. The van der Waals surface area contributed by atoms with E-state index >= 15 is 0 Å². The summed E-state index contributed by atoms with van der Waals surface area (Å²) in [6.07, 6.45) is -0.138. The monoisotopic (exact) mass is 344 g/mol. The van der Waals surface area contributed by atoms with Gasteiger partial charge in [0.25, 0.3) is 5.91 Å². The van der Waals surface area contributed by atoms with Crippen LogP contribution in [0.5, 0.6) is 0 Å². The summed E-state index contributed by atoms with van der Waals surface area (Å²) in [5, 5.41) is 0.331. The van der Waals surface area contributed by atoms with Gasteiger partial charge in [-0.05, 0) is 12.1 Å². The Hall–Kier alpha value is -1.37. The smallest absolute Gasteiger partial charge is 0.311 e. The number of ether oxygens (including phenoxy) is 2. The van der Waals surface area contributed by atoms with Crippen LogP contribution in [0, 0.1) is 11.8 Å². The first kappa shape index (κ1) is 15.5. The van der Waals surface area contributed by atoms with Crippen LogP contribution in [0.4, 0.5) is 0 Å². The van der Waals surface area contributed by atoms with Crippen LogP contribution in [-0.2, 0) is 14.3 Å². The van der Waals surface area contributed by atoms with E-state index in [-0.39, 0.29) is 40.1 Å². The standard InChI is InChI=1S/C14H14Cl2N2O4/c1-21-14(20)9-6-22-10-5-18(4-8(9)10)13(19)7-2-11(15)17-12(16)3-7/h2-3,8-10H,4-6H2,1H3/t8-,9-,10-/m1/s1. The molecule has 1 amide bonds. The molecule has 118 valence electrons. The Bertz CT molecular complexity index is 605. The number of rotatable bonds is 2. The molecule has 2 aliphatic heterocycles. The molecule has 0 spiro atoms. The van der Waals surface area contributed by atoms with Crippen molar-refractivity contribution in [3.63, 3.8) is 0 Å². The molecule has 0 bridgehead atoms. The highest BCUT2D eigenvalue weighted by Crippen LogP contribution is 2.35. The van der Waals surface area contributed by atoms with Gasteiger partial charge in [-0.2, -0.15) is 0 Å². The van der Waals surface area contributed by atoms with E-state index in [2.05, 4.69) is 4.98 Å². The molecule has 2 saturated heterocycles. The second-order valence-electron chi connectivity index (χ2n) is 5.38. The van der Waals surface area contributed by atoms with Gasteiger partial charge in [-0.25, -0.2) is 4.98 Å². The molecule has 0 aliphatic carbocycles. The van der Waals surface area contributed by atoms with Gasteiger partial charge in [0.05, 0.1) is 25.7 Å². The maximum absolute atomic E-state index is 12.5. The van der Waals surface area contributed by atoms with E-state index in [9.17, 15) is 9.59 Å². The number of methoxy groups -OCH3 is 1. The molecule has 22 heavy (non-hydrogen) atoms. The van der Waals surface area contributed by atoms with Crippen molar-refractivity contribution in [3.05, 3.63) is 28.0 Å². The number of hydrogen-bond donors (Lipinski definition) is 0. The molecule has 1 aromatic heterocycles. The average molecular weight is 345 g/mol. The van der Waals surface area contributed by atoms with E-state index in [0.717, 1.165) is 0 Å². The summed E-state index contributed by atoms with van der Waals surface area (Å²) < 4.78 is 10.4. The number of amides is 1. The highest BCUT2D eigenvalue weighted by molar-refractivity contribution is 6.33. The number of hydrogen-bond acceptors (Lipinski definition) is 5. The van der Waals surface area contributed by atoms with Crippen molar-refractivity contribution in [2.24, 2.45) is 11.8 Å². The van der Waals surface area contributed by atoms with Crippen LogP contribution in [0.15, 0.2) is 12.1 Å². The van der Waals surface area contributed by atoms with Crippen LogP contribution in [0.3, 0.4) is 0 Å². The molecule has 8 heteroatoms. The quantitative estimate of drug-likeness (QED) is 0.602. The fourth-order valence-corrected chi connectivity index (χ4v) is 3.50. The third-order valence-electron chi connectivity index (χ3n) is 4.12. The van der Waals surface area contributed by atoms with Crippen molar-refractivity contribution in [1.29, 1.82) is 0 Å². The van der Waals surface area contributed by atoms with Crippen molar-refractivity contribution >= 4 is 35.1 Å². The van der Waals surface area contributed by atoms with Crippen molar-refractivity contribution in [1.82, 2.24) is 9.88 Å². The van der Waals surface area contributed by atoms with Crippen LogP contribution in [-0.4, -0.2) is 54.7 Å². The van der Waals surface area contributed by atoms with Gasteiger partial charge in [0.15, 0.2) is 0 Å². The minimum Gasteiger partial charge on any atom is -0.469 e. The van der Waals surface area contributed by atoms with Crippen LogP contribution in [0.1, 0.15) is 10.4 Å². The molecule has 0 unspecified atom stereocenters. The van der Waals surface area contributed by atoms with Gasteiger partial charge in [0.1, 0.15) is 10.3 Å². The van der Waals surface area contributed by atoms with E-state index in [1.54, 1.807) is 4.90 Å². The predicted octanol–water partition coefficient (Wildman–Crippen LogP) is 1.65. The molecular formula is C14H14Cl2N2O4. The molecule has 0 saturated carbocycles. The third kappa shape index (κ3) is 2.78. The number of carbonyl (C=O) groups excluding carboxylic acids is 2. The number of halogens is 2. The molecule has 1 aromatic rings. The molecular weight excluding hydrogens is 331 g/mol. The van der Waals surface area contributed by atoms with E-state index in [1.165, 1.54) is 19.2 Å². The van der Waals surface area contributed by atoms with Gasteiger partial charge in [0.2, 0.25) is 0 Å². The lowest BCUT2D eigenvalue weighted by Crippen LogP contribution is -2.32. The molecule has 3 rings (SSSR count). The zero-order chi connectivity index (χ0) is 15.9. The molecule has 2 fully saturated rings. The van der Waals surface area contributed by atoms with E-state index < -0.39 is 0 Å². The first-order valence-electron chi connectivity index (χ1n) is 6.81. The van der Waals surface area contributed by atoms with E-state index in [1.807, 2.05) is 0 Å². The topological polar surface area (TPSA) is 68.7 Å². The first-order chi connectivity index (χ1) is 10.5. The van der Waals surface area contributed by atoms with Crippen LogP contribution in [0.25, 0.3) is 0 Å². The molecule has 3 heterocycles. The van der Waals surface area contributed by atoms with Gasteiger partial charge < -0.3 is 14.4 Å². The fraction of sp³-hybridized carbons (Fsp3) is 0.500. The minimum absolute atomic E-state index is 0.0378. The minimum atomic E-state index is -0.322. The van der Waals surface area contributed by atoms with Gasteiger partial charge >= 0.3 is 5.97 Å². The molecule has 0 N–H and O–H groups in total. The SMILES string of the molecule is COC(=O)[C@@H]1CO[C@@H]2CN(C(=O)c3cc(Cl)nc(Cl)c3)C[C@@H]21. The Morgan fingerprint density at radius 3 is 2.64 bits per heavy atom. The summed E-state index contributed by atoms with van der Waals surface area (Å²) in [4.78, 5) is 29.7. The van der Waals surface area contributed by atoms with Crippen molar-refractivity contribution in [2.75, 3.05) is 26.8 Å². The fourth-order valence-electron chi connectivity index (χ4n) is 3.04. The number of carbonyl (C=O) groups is 2. The third-order valence-corrected chi connectivity index (χ3v) is 4.50. The highest BCUT2D eigenvalue weighted by Gasteiger charge is 2.48. The molecule has 3 atom stereocenters. The highest BCUT2D eigenvalue weighted by atomic mass is 35.5. The normalized spacial score (nSPS) is 26.9. The number of esters is 1. The number of nitrogens with zero attached hydrogens (tertiary/aromatic N) is 2. The Balaban J connectivity index is 1.75. The Kier molecular flexibility index (Phi) is 4.25. The zero-order valence-electron chi connectivity index (χ0n) is 11.8. The van der Waals surface area contributed by atoms with Gasteiger partial charge in [-0.15, -0.1) is 0 Å². The second-order valence-corrected chi connectivity index (χ2v) is 6.15. The van der Waals surface area contributed by atoms with Crippen molar-refractivity contribution < 1.29 is 19.1 Å². The largest absolute Gasteiger partial charge is 0.469 e. The van der Waals surface area contributed by atoms with Crippen molar-refractivity contribution in [3.8, 4) is 0 Å². The van der Waals surface area contributed by atoms with Crippen LogP contribution in [0.2, 0.25) is 10.3 Å². The van der Waals surface area contributed by atoms with Gasteiger partial charge in [-0.1, -0.05) is 23.2 Å². The summed E-state index contributed by atoms with van der Waals surface area (Å²) in [6.45, 7) is 1.23. The lowest BCUT2D eigenvalue weighted by molar-refractivity contribution is -0.146. The maximum Gasteiger partial charge on any atom is 0.311 e. The van der Waals surface area contributed by atoms with Crippen LogP contribution >= 0.6 is 23.2 Å². The number of likely N-dealkylation sites (tertiary alicyclic amines) is 1. The number of aromatic nitrogens is 1. The maximum atomic E-state index is 12.5. The van der Waals surface area contributed by atoms with Crippen LogP contribution < -0.4 is 0 Å². The second kappa shape index (κ2) is 6.02. The zero-order valence-corrected chi connectivity index (χ0v) is 13.3. The Labute approximate surface area is 137 Å². The lowest BCUT2D eigenvalue weighted by Gasteiger charge is -2.19. The number of pyridine rings is 1. The molecule has 2 aliphatic rings. The lowest BCUT2D eigenvalue weighted by atomic mass is 9.93. The summed E-state index contributed by atoms with van der Waals surface area (Å²) in [6, 6.07) is 2.95. The predicted molar refractivity (Wildman–Crippen MR) is 78.9 cm³/mol. The summed E-state index contributed by atoms with van der Waals surface area (Å²) in [5.41, 5.74) is 0.375. The summed E-state index contributed by atoms with van der Waals surface area (Å²) in [5.74, 6) is -0.855. The summed E-state index contributed by atoms with van der Waals surface area (Å²) >= 11 is 11.7. The summed E-state index contributed by atoms with van der Waals surface area (Å²) in [7, 11) is 1.36.